The van der Waals surface area contributed by atoms with Crippen LogP contribution in [0.25, 0.3) is 0 Å². The summed E-state index contributed by atoms with van der Waals surface area (Å²) in [5.41, 5.74) is 16.8. The van der Waals surface area contributed by atoms with E-state index in [-0.39, 0.29) is 25.3 Å². The molecule has 0 bridgehead atoms. The van der Waals surface area contributed by atoms with Crippen molar-refractivity contribution in [3.63, 3.8) is 0 Å². The maximum Gasteiger partial charge on any atom is 0.326 e. The third-order valence-electron chi connectivity index (χ3n) is 5.98. The average Bonchev–Trinajstić information content (AvgIpc) is 3.26. The van der Waals surface area contributed by atoms with E-state index in [1.54, 1.807) is 0 Å². The van der Waals surface area contributed by atoms with E-state index in [2.05, 4.69) is 10.6 Å². The molecule has 12 nitrogen and oxygen atoms in total. The highest BCUT2D eigenvalue weighted by molar-refractivity contribution is 5.96. The summed E-state index contributed by atoms with van der Waals surface area (Å²) in [5, 5.41) is 14.5. The lowest BCUT2D eigenvalue weighted by Gasteiger charge is -2.28. The molecular formula is C21H38N6O6. The third kappa shape index (κ3) is 8.61. The second-order valence-corrected chi connectivity index (χ2v) is 8.52. The standard InChI is InChI=1S/C21H38N6O6/c1-3-12(2)17(24)19(30)25-13(7-4-5-9-22)18(29)26-14(11-16(23)28)20(31)27-10-6-8-15(27)21(32)33/h12-15,17H,3-11,22,24H2,1-2H3,(H2,23,28)(H,25,30)(H,26,29)(H,32,33). The van der Waals surface area contributed by atoms with Gasteiger partial charge in [0.05, 0.1) is 12.5 Å². The van der Waals surface area contributed by atoms with Gasteiger partial charge in [-0.3, -0.25) is 19.2 Å². The van der Waals surface area contributed by atoms with Crippen molar-refractivity contribution < 1.29 is 29.1 Å². The lowest BCUT2D eigenvalue weighted by Crippen LogP contribution is -2.58. The molecule has 0 aromatic heterocycles. The van der Waals surface area contributed by atoms with Gasteiger partial charge in [-0.05, 0) is 44.6 Å². The van der Waals surface area contributed by atoms with Crippen molar-refractivity contribution in [2.24, 2.45) is 23.1 Å². The number of amides is 4. The van der Waals surface area contributed by atoms with E-state index >= 15 is 0 Å². The van der Waals surface area contributed by atoms with Gasteiger partial charge in [0, 0.05) is 6.54 Å². The largest absolute Gasteiger partial charge is 0.480 e. The number of aliphatic carboxylic acids is 1. The Balaban J connectivity index is 3.01. The summed E-state index contributed by atoms with van der Waals surface area (Å²) < 4.78 is 0. The van der Waals surface area contributed by atoms with Crippen molar-refractivity contribution in [3.05, 3.63) is 0 Å². The summed E-state index contributed by atoms with van der Waals surface area (Å²) in [7, 11) is 0. The fraction of sp³-hybridized carbons (Fsp3) is 0.762. The molecule has 1 aliphatic rings. The summed E-state index contributed by atoms with van der Waals surface area (Å²) in [5.74, 6) is -3.97. The number of nitrogens with two attached hydrogens (primary N) is 3. The van der Waals surface area contributed by atoms with Gasteiger partial charge in [-0.2, -0.15) is 0 Å². The summed E-state index contributed by atoms with van der Waals surface area (Å²) in [4.78, 5) is 62.7. The average molecular weight is 471 g/mol. The van der Waals surface area contributed by atoms with Gasteiger partial charge in [0.15, 0.2) is 0 Å². The Labute approximate surface area is 194 Å². The van der Waals surface area contributed by atoms with E-state index in [9.17, 15) is 29.1 Å². The Hall–Kier alpha value is -2.73. The highest BCUT2D eigenvalue weighted by Crippen LogP contribution is 2.19. The van der Waals surface area contributed by atoms with E-state index < -0.39 is 60.2 Å². The van der Waals surface area contributed by atoms with Gasteiger partial charge in [-0.15, -0.1) is 0 Å². The number of unbranched alkanes of at least 4 members (excludes halogenated alkanes) is 1. The van der Waals surface area contributed by atoms with Gasteiger partial charge in [-0.1, -0.05) is 20.3 Å². The summed E-state index contributed by atoms with van der Waals surface area (Å²) >= 11 is 0. The van der Waals surface area contributed by atoms with E-state index in [1.165, 1.54) is 0 Å². The number of carbonyl (C=O) groups is 5. The van der Waals surface area contributed by atoms with Crippen molar-refractivity contribution in [2.75, 3.05) is 13.1 Å². The Bertz CT molecular complexity index is 717. The topological polar surface area (TPSA) is 211 Å². The molecule has 0 spiro atoms. The number of carbonyl (C=O) groups excluding carboxylic acids is 4. The van der Waals surface area contributed by atoms with Crippen molar-refractivity contribution in [1.82, 2.24) is 15.5 Å². The van der Waals surface area contributed by atoms with Gasteiger partial charge in [0.2, 0.25) is 23.6 Å². The second-order valence-electron chi connectivity index (χ2n) is 8.52. The number of rotatable bonds is 14. The molecule has 1 fully saturated rings. The molecule has 0 saturated carbocycles. The minimum atomic E-state index is -1.34. The number of hydrogen-bond donors (Lipinski definition) is 6. The molecule has 9 N–H and O–H groups in total. The van der Waals surface area contributed by atoms with Gasteiger partial charge in [0.1, 0.15) is 18.1 Å². The predicted octanol–water partition coefficient (Wildman–Crippen LogP) is -1.59. The fourth-order valence-corrected chi connectivity index (χ4v) is 3.70. The summed E-state index contributed by atoms with van der Waals surface area (Å²) in [6, 6.07) is -4.19. The Kier molecular flexibility index (Phi) is 11.8. The van der Waals surface area contributed by atoms with Crippen LogP contribution < -0.4 is 27.8 Å². The lowest BCUT2D eigenvalue weighted by atomic mass is 9.98. The Morgan fingerprint density at radius 1 is 1.09 bits per heavy atom. The third-order valence-corrected chi connectivity index (χ3v) is 5.98. The monoisotopic (exact) mass is 470 g/mol. The van der Waals surface area contributed by atoms with Gasteiger partial charge in [0.25, 0.3) is 0 Å². The number of nitrogens with one attached hydrogen (secondary N) is 2. The van der Waals surface area contributed by atoms with Gasteiger partial charge in [-0.25, -0.2) is 4.79 Å². The maximum absolute atomic E-state index is 13.0. The molecule has 1 rings (SSSR count). The molecule has 188 valence electrons. The highest BCUT2D eigenvalue weighted by atomic mass is 16.4. The molecule has 5 atom stereocenters. The first kappa shape index (κ1) is 28.3. The minimum Gasteiger partial charge on any atom is -0.480 e. The van der Waals surface area contributed by atoms with E-state index in [1.807, 2.05) is 13.8 Å². The van der Waals surface area contributed by atoms with Crippen molar-refractivity contribution in [3.8, 4) is 0 Å². The first-order valence-electron chi connectivity index (χ1n) is 11.4. The molecule has 0 aliphatic carbocycles. The number of hydrogen-bond acceptors (Lipinski definition) is 7. The zero-order chi connectivity index (χ0) is 25.1. The predicted molar refractivity (Wildman–Crippen MR) is 120 cm³/mol. The summed E-state index contributed by atoms with van der Waals surface area (Å²) in [6.07, 6.45) is 2.36. The number of nitrogens with zero attached hydrogens (tertiary/aromatic N) is 1. The zero-order valence-electron chi connectivity index (χ0n) is 19.4. The molecule has 1 heterocycles. The van der Waals surface area contributed by atoms with Crippen molar-refractivity contribution in [1.29, 1.82) is 0 Å². The maximum atomic E-state index is 13.0. The molecule has 0 aromatic rings. The Morgan fingerprint density at radius 2 is 1.73 bits per heavy atom. The SMILES string of the molecule is CCC(C)C(N)C(=O)NC(CCCCN)C(=O)NC(CC(N)=O)C(=O)N1CCCC1C(=O)O. The molecule has 0 aromatic carbocycles. The van der Waals surface area contributed by atoms with E-state index in [4.69, 9.17) is 17.2 Å². The molecule has 0 radical (unpaired) electrons. The van der Waals surface area contributed by atoms with Gasteiger partial charge < -0.3 is 37.8 Å². The van der Waals surface area contributed by atoms with Crippen LogP contribution in [-0.4, -0.2) is 76.9 Å². The van der Waals surface area contributed by atoms with Crippen LogP contribution in [0.3, 0.4) is 0 Å². The van der Waals surface area contributed by atoms with Crippen LogP contribution in [-0.2, 0) is 24.0 Å². The van der Waals surface area contributed by atoms with Crippen LogP contribution >= 0.6 is 0 Å². The van der Waals surface area contributed by atoms with Crippen LogP contribution in [0.5, 0.6) is 0 Å². The molecule has 1 saturated heterocycles. The number of carboxylic acids is 1. The fourth-order valence-electron chi connectivity index (χ4n) is 3.70. The number of primary amides is 1. The lowest BCUT2D eigenvalue weighted by molar-refractivity contribution is -0.149. The molecule has 12 heteroatoms. The molecular weight excluding hydrogens is 432 g/mol. The van der Waals surface area contributed by atoms with E-state index in [0.717, 1.165) is 4.90 Å². The number of likely N-dealkylation sites (tertiary alicyclic amines) is 1. The molecule has 5 unspecified atom stereocenters. The first-order chi connectivity index (χ1) is 15.5. The minimum absolute atomic E-state index is 0.106. The number of carboxylic acid groups (broad SMARTS) is 1. The van der Waals surface area contributed by atoms with Crippen molar-refractivity contribution in [2.45, 2.75) is 83.0 Å². The Morgan fingerprint density at radius 3 is 2.27 bits per heavy atom. The molecule has 4 amide bonds. The highest BCUT2D eigenvalue weighted by Gasteiger charge is 2.39. The quantitative estimate of drug-likeness (QED) is 0.162. The van der Waals surface area contributed by atoms with Crippen LogP contribution in [0.1, 0.15) is 58.8 Å². The van der Waals surface area contributed by atoms with Crippen LogP contribution in [0.4, 0.5) is 0 Å². The van der Waals surface area contributed by atoms with Crippen LogP contribution in [0, 0.1) is 5.92 Å². The van der Waals surface area contributed by atoms with Crippen LogP contribution in [0.15, 0.2) is 0 Å². The normalized spacial score (nSPS) is 19.3. The zero-order valence-corrected chi connectivity index (χ0v) is 19.4. The molecule has 1 aliphatic heterocycles. The summed E-state index contributed by atoms with van der Waals surface area (Å²) in [6.45, 7) is 4.32. The first-order valence-corrected chi connectivity index (χ1v) is 11.4. The molecule has 33 heavy (non-hydrogen) atoms. The second kappa shape index (κ2) is 13.7. The smallest absolute Gasteiger partial charge is 0.326 e. The van der Waals surface area contributed by atoms with Gasteiger partial charge >= 0.3 is 5.97 Å². The van der Waals surface area contributed by atoms with E-state index in [0.29, 0.717) is 32.2 Å². The van der Waals surface area contributed by atoms with Crippen LogP contribution in [0.2, 0.25) is 0 Å². The van der Waals surface area contributed by atoms with Crippen molar-refractivity contribution >= 4 is 29.6 Å².